The van der Waals surface area contributed by atoms with Gasteiger partial charge in [-0.2, -0.15) is 0 Å². The number of carbonyl (C=O) groups excluding carboxylic acids is 1. The molecule has 0 heterocycles. The number of carbonyl (C=O) groups is 2. The zero-order chi connectivity index (χ0) is 11.7. The second-order valence-corrected chi connectivity index (χ2v) is 3.44. The van der Waals surface area contributed by atoms with Crippen LogP contribution in [-0.2, 0) is 14.3 Å². The number of ether oxygens (including phenoxy) is 1. The van der Waals surface area contributed by atoms with Crippen LogP contribution in [0.5, 0.6) is 0 Å². The number of esters is 1. The molecule has 0 aromatic rings. The van der Waals surface area contributed by atoms with Crippen LogP contribution < -0.4 is 0 Å². The van der Waals surface area contributed by atoms with Gasteiger partial charge in [-0.25, -0.2) is 0 Å². The van der Waals surface area contributed by atoms with Crippen molar-refractivity contribution >= 4 is 23.5 Å². The number of aliphatic carboxylic acids is 1. The normalized spacial score (nSPS) is 9.36. The van der Waals surface area contributed by atoms with Crippen molar-refractivity contribution in [2.75, 3.05) is 6.07 Å². The molecule has 0 aliphatic carbocycles. The Kier molecular flexibility index (Phi) is 9.88. The standard InChI is InChI=1S/C5H9ClO2.C4H8O2/c1-4(2)5(7)8-3-6;1-3(2)4(5)6/h4H,3H2,1-2H3;3H,1-2H3,(H,5,6). The largest absolute Gasteiger partial charge is 0.481 e. The molecular weight excluding hydrogens is 208 g/mol. The highest BCUT2D eigenvalue weighted by Crippen LogP contribution is 1.95. The van der Waals surface area contributed by atoms with E-state index in [1.807, 2.05) is 0 Å². The zero-order valence-electron chi connectivity index (χ0n) is 8.91. The lowest BCUT2D eigenvalue weighted by atomic mass is 10.2. The number of hydrogen-bond donors (Lipinski definition) is 1. The topological polar surface area (TPSA) is 63.6 Å². The highest BCUT2D eigenvalue weighted by atomic mass is 35.5. The summed E-state index contributed by atoms with van der Waals surface area (Å²) in [6, 6.07) is -0.0446. The average Bonchev–Trinajstić information content (AvgIpc) is 2.05. The summed E-state index contributed by atoms with van der Waals surface area (Å²) in [6.45, 7) is 6.80. The van der Waals surface area contributed by atoms with Gasteiger partial charge in [-0.05, 0) is 0 Å². The van der Waals surface area contributed by atoms with Gasteiger partial charge in [-0.1, -0.05) is 39.3 Å². The average molecular weight is 225 g/mol. The van der Waals surface area contributed by atoms with Crippen LogP contribution in [0.4, 0.5) is 0 Å². The van der Waals surface area contributed by atoms with Crippen LogP contribution in [0.25, 0.3) is 0 Å². The second-order valence-electron chi connectivity index (χ2n) is 3.22. The van der Waals surface area contributed by atoms with Gasteiger partial charge in [-0.15, -0.1) is 0 Å². The maximum absolute atomic E-state index is 10.4. The molecule has 0 aliphatic rings. The fourth-order valence-electron chi connectivity index (χ4n) is 0.220. The van der Waals surface area contributed by atoms with Gasteiger partial charge in [0, 0.05) is 0 Å². The van der Waals surface area contributed by atoms with E-state index in [2.05, 4.69) is 4.74 Å². The third-order valence-electron chi connectivity index (χ3n) is 1.16. The van der Waals surface area contributed by atoms with Crippen LogP contribution in [0, 0.1) is 11.8 Å². The Morgan fingerprint density at radius 2 is 1.57 bits per heavy atom. The van der Waals surface area contributed by atoms with Crippen LogP contribution in [-0.4, -0.2) is 23.1 Å². The van der Waals surface area contributed by atoms with Gasteiger partial charge >= 0.3 is 11.9 Å². The van der Waals surface area contributed by atoms with E-state index in [-0.39, 0.29) is 23.9 Å². The predicted molar refractivity (Wildman–Crippen MR) is 54.1 cm³/mol. The van der Waals surface area contributed by atoms with Gasteiger partial charge in [0.1, 0.15) is 0 Å². The van der Waals surface area contributed by atoms with Crippen LogP contribution in [0.2, 0.25) is 0 Å². The van der Waals surface area contributed by atoms with Crippen molar-refractivity contribution in [3.8, 4) is 0 Å². The number of rotatable bonds is 3. The van der Waals surface area contributed by atoms with E-state index in [0.717, 1.165) is 0 Å². The smallest absolute Gasteiger partial charge is 0.309 e. The Labute approximate surface area is 89.2 Å². The molecule has 0 unspecified atom stereocenters. The van der Waals surface area contributed by atoms with Crippen molar-refractivity contribution in [1.29, 1.82) is 0 Å². The van der Waals surface area contributed by atoms with Crippen LogP contribution in [0.15, 0.2) is 0 Å². The van der Waals surface area contributed by atoms with Gasteiger partial charge in [0.25, 0.3) is 0 Å². The molecule has 0 atom stereocenters. The van der Waals surface area contributed by atoms with E-state index in [1.54, 1.807) is 27.7 Å². The lowest BCUT2D eigenvalue weighted by Crippen LogP contribution is -2.09. The van der Waals surface area contributed by atoms with Crippen molar-refractivity contribution in [3.05, 3.63) is 0 Å². The number of carboxylic acids is 1. The summed E-state index contributed by atoms with van der Waals surface area (Å²) in [6.07, 6.45) is 0. The lowest BCUT2D eigenvalue weighted by molar-refractivity contribution is -0.145. The molecular formula is C9H17ClO4. The van der Waals surface area contributed by atoms with E-state index >= 15 is 0 Å². The molecule has 0 rings (SSSR count). The fraction of sp³-hybridized carbons (Fsp3) is 0.778. The molecule has 0 radical (unpaired) electrons. The SMILES string of the molecule is CC(C)C(=O)O.CC(C)C(=O)OCCl. The van der Waals surface area contributed by atoms with Crippen LogP contribution >= 0.6 is 11.6 Å². The van der Waals surface area contributed by atoms with E-state index in [9.17, 15) is 9.59 Å². The molecule has 0 amide bonds. The minimum Gasteiger partial charge on any atom is -0.481 e. The minimum absolute atomic E-state index is 0.0446. The summed E-state index contributed by atoms with van der Waals surface area (Å²) in [5.41, 5.74) is 0. The molecule has 0 aromatic heterocycles. The van der Waals surface area contributed by atoms with Gasteiger partial charge in [0.05, 0.1) is 11.8 Å². The maximum atomic E-state index is 10.4. The summed E-state index contributed by atoms with van der Waals surface area (Å²) < 4.78 is 4.43. The molecule has 0 saturated heterocycles. The van der Waals surface area contributed by atoms with E-state index in [1.165, 1.54) is 0 Å². The highest BCUT2D eigenvalue weighted by Gasteiger charge is 2.05. The van der Waals surface area contributed by atoms with Gasteiger partial charge in [0.15, 0.2) is 6.07 Å². The molecule has 0 fully saturated rings. The first kappa shape index (κ1) is 15.7. The first-order valence-electron chi connectivity index (χ1n) is 4.28. The third kappa shape index (κ3) is 11.2. The lowest BCUT2D eigenvalue weighted by Gasteiger charge is -2.00. The predicted octanol–water partition coefficient (Wildman–Crippen LogP) is 2.11. The summed E-state index contributed by atoms with van der Waals surface area (Å²) >= 11 is 5.10. The Hall–Kier alpha value is -0.770. The first-order valence-corrected chi connectivity index (χ1v) is 4.81. The van der Waals surface area contributed by atoms with Gasteiger partial charge in [-0.3, -0.25) is 9.59 Å². The molecule has 0 saturated carbocycles. The van der Waals surface area contributed by atoms with Crippen LogP contribution in [0.3, 0.4) is 0 Å². The molecule has 5 heteroatoms. The summed E-state index contributed by atoms with van der Waals surface area (Å²) in [5.74, 6) is -1.30. The van der Waals surface area contributed by atoms with Crippen molar-refractivity contribution in [2.45, 2.75) is 27.7 Å². The minimum atomic E-state index is -0.741. The quantitative estimate of drug-likeness (QED) is 0.589. The van der Waals surface area contributed by atoms with Crippen LogP contribution in [0.1, 0.15) is 27.7 Å². The van der Waals surface area contributed by atoms with Gasteiger partial charge < -0.3 is 9.84 Å². The Morgan fingerprint density at radius 1 is 1.21 bits per heavy atom. The molecule has 4 nitrogen and oxygen atoms in total. The monoisotopic (exact) mass is 224 g/mol. The molecule has 0 aliphatic heterocycles. The maximum Gasteiger partial charge on any atom is 0.309 e. The Morgan fingerprint density at radius 3 is 1.64 bits per heavy atom. The second kappa shape index (κ2) is 8.81. The number of hydrogen-bond acceptors (Lipinski definition) is 3. The fourth-order valence-corrected chi connectivity index (χ4v) is 0.328. The van der Waals surface area contributed by atoms with E-state index < -0.39 is 5.97 Å². The molecule has 0 aromatic carbocycles. The molecule has 0 spiro atoms. The van der Waals surface area contributed by atoms with E-state index in [4.69, 9.17) is 16.7 Å². The van der Waals surface area contributed by atoms with Crippen molar-refractivity contribution < 1.29 is 19.4 Å². The molecule has 84 valence electrons. The Balaban J connectivity index is 0. The molecule has 1 N–H and O–H groups in total. The molecule has 14 heavy (non-hydrogen) atoms. The molecule has 0 bridgehead atoms. The number of alkyl halides is 1. The third-order valence-corrected chi connectivity index (χ3v) is 1.27. The summed E-state index contributed by atoms with van der Waals surface area (Å²) in [4.78, 5) is 20.1. The zero-order valence-corrected chi connectivity index (χ0v) is 9.67. The van der Waals surface area contributed by atoms with E-state index in [0.29, 0.717) is 0 Å². The first-order chi connectivity index (χ1) is 6.32. The summed E-state index contributed by atoms with van der Waals surface area (Å²) in [5, 5.41) is 7.99. The Bertz CT molecular complexity index is 178. The van der Waals surface area contributed by atoms with Gasteiger partial charge in [0.2, 0.25) is 0 Å². The highest BCUT2D eigenvalue weighted by molar-refractivity contribution is 6.17. The summed E-state index contributed by atoms with van der Waals surface area (Å²) in [7, 11) is 0. The van der Waals surface area contributed by atoms with Crippen molar-refractivity contribution in [1.82, 2.24) is 0 Å². The van der Waals surface area contributed by atoms with Crippen molar-refractivity contribution in [3.63, 3.8) is 0 Å². The van der Waals surface area contributed by atoms with Crippen molar-refractivity contribution in [2.24, 2.45) is 11.8 Å². The number of carboxylic acid groups (broad SMARTS) is 1. The number of halogens is 1.